The number of ketones is 2. The number of allylic oxidation sites excluding steroid dienone is 4. The van der Waals surface area contributed by atoms with Gasteiger partial charge in [0, 0.05) is 12.2 Å². The van der Waals surface area contributed by atoms with E-state index in [4.69, 9.17) is 13.9 Å². The Morgan fingerprint density at radius 2 is 0.955 bits per heavy atom. The zero-order chi connectivity index (χ0) is 18.7. The third kappa shape index (κ3) is 16.4. The van der Waals surface area contributed by atoms with E-state index in [-0.39, 0.29) is 12.2 Å². The molecule has 0 aromatic rings. The molecular formula is C10H10F6O5V. The Hall–Kier alpha value is -1.62. The van der Waals surface area contributed by atoms with Gasteiger partial charge < -0.3 is 10.2 Å². The molecular weight excluding hydrogens is 365 g/mol. The van der Waals surface area contributed by atoms with E-state index in [0.29, 0.717) is 0 Å². The molecule has 2 N–H and O–H groups in total. The Labute approximate surface area is 129 Å². The standard InChI is InChI=1S/2C5H5F3O2.O.V/c2*1-3(9)2-4(10)5(6,7)8;;/h2*2,10H,1H3;;/b2*4-2-;;. The van der Waals surface area contributed by atoms with Crippen molar-refractivity contribution in [1.82, 2.24) is 0 Å². The summed E-state index contributed by atoms with van der Waals surface area (Å²) in [5.41, 5.74) is 0. The van der Waals surface area contributed by atoms with Crippen molar-refractivity contribution in [2.24, 2.45) is 0 Å². The van der Waals surface area contributed by atoms with Crippen molar-refractivity contribution in [3.63, 3.8) is 0 Å². The van der Waals surface area contributed by atoms with Crippen LogP contribution in [0.1, 0.15) is 13.8 Å². The minimum atomic E-state index is -4.81. The monoisotopic (exact) mass is 375 g/mol. The van der Waals surface area contributed by atoms with Gasteiger partial charge in [0.1, 0.15) is 0 Å². The molecule has 0 heterocycles. The molecule has 127 valence electrons. The maximum atomic E-state index is 11.3. The molecule has 0 aliphatic carbocycles. The summed E-state index contributed by atoms with van der Waals surface area (Å²) < 4.78 is 76.2. The molecule has 0 saturated carbocycles. The maximum absolute atomic E-state index is 11.3. The number of carbonyl (C=O) groups excluding carboxylic acids is 2. The summed E-state index contributed by atoms with van der Waals surface area (Å²) in [5.74, 6) is -5.40. The Bertz CT molecular complexity index is 398. The van der Waals surface area contributed by atoms with Crippen LogP contribution < -0.4 is 0 Å². The zero-order valence-electron chi connectivity index (χ0n) is 11.0. The fourth-order valence-corrected chi connectivity index (χ4v) is 0.549. The van der Waals surface area contributed by atoms with Crippen LogP contribution in [0.5, 0.6) is 0 Å². The Balaban J connectivity index is -0.000000294. The number of carbonyl (C=O) groups is 2. The number of hydrogen-bond donors (Lipinski definition) is 2. The number of hydrogen-bond acceptors (Lipinski definition) is 5. The third-order valence-electron chi connectivity index (χ3n) is 1.26. The third-order valence-corrected chi connectivity index (χ3v) is 1.26. The molecule has 0 radical (unpaired) electrons. The second kappa shape index (κ2) is 11.0. The van der Waals surface area contributed by atoms with Gasteiger partial charge in [-0.2, -0.15) is 26.3 Å². The number of aliphatic hydroxyl groups excluding tert-OH is 2. The fraction of sp³-hybridized carbons (Fsp3) is 0.400. The van der Waals surface area contributed by atoms with E-state index in [9.17, 15) is 35.9 Å². The molecule has 5 nitrogen and oxygen atoms in total. The second-order valence-electron chi connectivity index (χ2n) is 3.28. The van der Waals surface area contributed by atoms with E-state index in [1.54, 1.807) is 0 Å². The minimum absolute atomic E-state index is 0.125. The summed E-state index contributed by atoms with van der Waals surface area (Å²) in [7, 11) is 0. The molecule has 0 amide bonds. The van der Waals surface area contributed by atoms with Crippen molar-refractivity contribution in [1.29, 1.82) is 0 Å². The Morgan fingerprint density at radius 1 is 0.773 bits per heavy atom. The van der Waals surface area contributed by atoms with Gasteiger partial charge in [-0.05, 0) is 13.8 Å². The average molecular weight is 375 g/mol. The molecule has 0 fully saturated rings. The molecule has 22 heavy (non-hydrogen) atoms. The van der Waals surface area contributed by atoms with E-state index in [1.165, 1.54) is 0 Å². The topological polar surface area (TPSA) is 91.7 Å². The summed E-state index contributed by atoms with van der Waals surface area (Å²) in [6.45, 7) is 1.84. The van der Waals surface area contributed by atoms with Crippen molar-refractivity contribution in [3.8, 4) is 0 Å². The number of rotatable bonds is 2. The van der Waals surface area contributed by atoms with Gasteiger partial charge in [0.2, 0.25) is 11.5 Å². The normalized spacial score (nSPS) is 12.3. The molecule has 0 saturated heterocycles. The van der Waals surface area contributed by atoms with Crippen LogP contribution in [0.2, 0.25) is 0 Å². The summed E-state index contributed by atoms with van der Waals surface area (Å²) in [6.07, 6.45) is -9.38. The molecule has 0 atom stereocenters. The first kappa shape index (κ1) is 25.3. The van der Waals surface area contributed by atoms with E-state index < -0.39 is 35.4 Å². The molecule has 12 heteroatoms. The van der Waals surface area contributed by atoms with E-state index >= 15 is 0 Å². The SMILES string of the molecule is CC(=O)/C=C(\O)C(F)(F)F.CC(=O)/C=C(\O)C(F)(F)F.[O]=[V]. The average Bonchev–Trinajstić information content (AvgIpc) is 2.28. The molecule has 0 spiro atoms. The van der Waals surface area contributed by atoms with Crippen LogP contribution in [0.25, 0.3) is 0 Å². The molecule has 0 aliphatic rings. The molecule has 0 aromatic carbocycles. The molecule has 0 rings (SSSR count). The van der Waals surface area contributed by atoms with Crippen LogP contribution in [0.4, 0.5) is 26.3 Å². The van der Waals surface area contributed by atoms with Crippen molar-refractivity contribution >= 4 is 11.6 Å². The summed E-state index contributed by atoms with van der Waals surface area (Å²) in [6, 6.07) is 0. The Kier molecular flexibility index (Phi) is 12.7. The van der Waals surface area contributed by atoms with E-state index in [1.807, 2.05) is 0 Å². The molecule has 0 unspecified atom stereocenters. The summed E-state index contributed by atoms with van der Waals surface area (Å²) in [5, 5.41) is 16.1. The summed E-state index contributed by atoms with van der Waals surface area (Å²) in [4.78, 5) is 19.9. The van der Waals surface area contributed by atoms with Crippen LogP contribution in [0.3, 0.4) is 0 Å². The molecule has 0 aromatic heterocycles. The van der Waals surface area contributed by atoms with Crippen molar-refractivity contribution in [2.45, 2.75) is 26.2 Å². The van der Waals surface area contributed by atoms with Gasteiger partial charge in [0.25, 0.3) is 0 Å². The quantitative estimate of drug-likeness (QED) is 0.440. The predicted octanol–water partition coefficient (Wildman–Crippen LogP) is 3.04. The van der Waals surface area contributed by atoms with E-state index in [0.717, 1.165) is 31.2 Å². The van der Waals surface area contributed by atoms with E-state index in [2.05, 4.69) is 0 Å². The van der Waals surface area contributed by atoms with Crippen molar-refractivity contribution < 1.29 is 67.2 Å². The van der Waals surface area contributed by atoms with Gasteiger partial charge in [0.15, 0.2) is 11.6 Å². The summed E-state index contributed by atoms with van der Waals surface area (Å²) >= 11 is 1.06. The second-order valence-corrected chi connectivity index (χ2v) is 3.28. The zero-order valence-corrected chi connectivity index (χ0v) is 12.4. The van der Waals surface area contributed by atoms with Crippen molar-refractivity contribution in [3.05, 3.63) is 23.7 Å². The van der Waals surface area contributed by atoms with Crippen LogP contribution in [-0.4, -0.2) is 34.1 Å². The van der Waals surface area contributed by atoms with Gasteiger partial charge >= 0.3 is 33.4 Å². The number of alkyl halides is 6. The molecule has 0 aliphatic heterocycles. The van der Waals surface area contributed by atoms with Gasteiger partial charge in [-0.3, -0.25) is 9.59 Å². The fourth-order valence-electron chi connectivity index (χ4n) is 0.549. The van der Waals surface area contributed by atoms with Gasteiger partial charge in [-0.25, -0.2) is 0 Å². The van der Waals surface area contributed by atoms with Crippen LogP contribution in [0, 0.1) is 0 Å². The van der Waals surface area contributed by atoms with Crippen LogP contribution in [0.15, 0.2) is 23.7 Å². The first-order chi connectivity index (χ1) is 9.67. The predicted molar refractivity (Wildman–Crippen MR) is 55.6 cm³/mol. The number of aliphatic hydroxyl groups is 2. The Morgan fingerprint density at radius 3 is 1.00 bits per heavy atom. The van der Waals surface area contributed by atoms with Crippen LogP contribution >= 0.6 is 0 Å². The van der Waals surface area contributed by atoms with Gasteiger partial charge in [-0.15, -0.1) is 0 Å². The van der Waals surface area contributed by atoms with Crippen molar-refractivity contribution in [2.75, 3.05) is 0 Å². The van der Waals surface area contributed by atoms with Gasteiger partial charge in [0.05, 0.1) is 0 Å². The van der Waals surface area contributed by atoms with Gasteiger partial charge in [-0.1, -0.05) is 0 Å². The first-order valence-corrected chi connectivity index (χ1v) is 5.40. The number of halogens is 6. The first-order valence-electron chi connectivity index (χ1n) is 4.83. The van der Waals surface area contributed by atoms with Crippen LogP contribution in [-0.2, 0) is 30.6 Å². The molecule has 0 bridgehead atoms.